The van der Waals surface area contributed by atoms with Crippen molar-refractivity contribution in [1.82, 2.24) is 9.13 Å². The van der Waals surface area contributed by atoms with Crippen molar-refractivity contribution in [2.75, 3.05) is 5.32 Å². The number of amides is 1. The number of fused-ring (bicyclic) bond motifs is 1. The molecule has 6 nitrogen and oxygen atoms in total. The van der Waals surface area contributed by atoms with Crippen LogP contribution >= 0.6 is 0 Å². The number of nitrogens with one attached hydrogen (secondary N) is 1. The lowest BCUT2D eigenvalue weighted by Gasteiger charge is -2.14. The van der Waals surface area contributed by atoms with Gasteiger partial charge in [0.25, 0.3) is 5.56 Å². The summed E-state index contributed by atoms with van der Waals surface area (Å²) in [5, 5.41) is 2.81. The van der Waals surface area contributed by atoms with Crippen LogP contribution in [0.4, 0.5) is 14.5 Å². The van der Waals surface area contributed by atoms with Crippen LogP contribution in [0.2, 0.25) is 0 Å². The third-order valence-corrected chi connectivity index (χ3v) is 4.80. The van der Waals surface area contributed by atoms with Crippen molar-refractivity contribution in [3.63, 3.8) is 0 Å². The van der Waals surface area contributed by atoms with Crippen LogP contribution < -0.4 is 16.6 Å². The Morgan fingerprint density at radius 3 is 2.32 bits per heavy atom. The van der Waals surface area contributed by atoms with Gasteiger partial charge in [0.2, 0.25) is 5.91 Å². The predicted octanol–water partition coefficient (Wildman–Crippen LogP) is 3.13. The lowest BCUT2D eigenvalue weighted by atomic mass is 10.2. The molecule has 4 rings (SSSR count). The zero-order valence-electron chi connectivity index (χ0n) is 16.2. The van der Waals surface area contributed by atoms with E-state index in [0.29, 0.717) is 11.1 Å². The van der Waals surface area contributed by atoms with Gasteiger partial charge in [-0.15, -0.1) is 0 Å². The number of hydrogen-bond donors (Lipinski definition) is 1. The van der Waals surface area contributed by atoms with E-state index in [0.717, 1.165) is 10.6 Å². The molecular weight excluding hydrogens is 404 g/mol. The Morgan fingerprint density at radius 2 is 1.58 bits per heavy atom. The summed E-state index contributed by atoms with van der Waals surface area (Å²) in [6, 6.07) is 17.3. The monoisotopic (exact) mass is 421 g/mol. The Morgan fingerprint density at radius 1 is 0.839 bits per heavy atom. The molecule has 0 aliphatic heterocycles. The summed E-state index contributed by atoms with van der Waals surface area (Å²) in [5.41, 5.74) is -0.0648. The fourth-order valence-corrected chi connectivity index (χ4v) is 3.35. The number of halogens is 2. The topological polar surface area (TPSA) is 73.1 Å². The molecule has 0 fully saturated rings. The Kier molecular flexibility index (Phi) is 5.44. The van der Waals surface area contributed by atoms with Crippen molar-refractivity contribution >= 4 is 22.5 Å². The normalized spacial score (nSPS) is 10.9. The second-order valence-corrected chi connectivity index (χ2v) is 6.96. The van der Waals surface area contributed by atoms with Crippen LogP contribution in [-0.2, 0) is 17.9 Å². The van der Waals surface area contributed by atoms with Crippen LogP contribution in [0.15, 0.2) is 82.4 Å². The average Bonchev–Trinajstić information content (AvgIpc) is 2.75. The first-order valence-corrected chi connectivity index (χ1v) is 9.44. The Bertz CT molecular complexity index is 1390. The van der Waals surface area contributed by atoms with Gasteiger partial charge in [0, 0.05) is 5.69 Å². The summed E-state index contributed by atoms with van der Waals surface area (Å²) in [5.74, 6) is -1.49. The molecule has 0 atom stereocenters. The largest absolute Gasteiger partial charge is 0.332 e. The molecule has 0 aliphatic carbocycles. The lowest BCUT2D eigenvalue weighted by molar-refractivity contribution is -0.116. The van der Waals surface area contributed by atoms with Crippen LogP contribution in [-0.4, -0.2) is 15.0 Å². The zero-order chi connectivity index (χ0) is 22.0. The standard InChI is InChI=1S/C23H17F2N3O3/c24-16-10-8-15(9-11-16)13-28-22(30)19-6-1-2-7-20(19)27(23(28)31)14-21(29)26-18-5-3-4-17(25)12-18/h1-12H,13-14H2,(H,26,29). The number of nitrogens with zero attached hydrogens (tertiary/aromatic N) is 2. The zero-order valence-corrected chi connectivity index (χ0v) is 16.2. The van der Waals surface area contributed by atoms with Crippen molar-refractivity contribution < 1.29 is 13.6 Å². The predicted molar refractivity (Wildman–Crippen MR) is 113 cm³/mol. The molecular formula is C23H17F2N3O3. The van der Waals surface area contributed by atoms with Crippen LogP contribution in [0.3, 0.4) is 0 Å². The summed E-state index contributed by atoms with van der Waals surface area (Å²) in [7, 11) is 0. The van der Waals surface area contributed by atoms with Gasteiger partial charge in [-0.3, -0.25) is 18.7 Å². The highest BCUT2D eigenvalue weighted by atomic mass is 19.1. The van der Waals surface area contributed by atoms with E-state index in [4.69, 9.17) is 0 Å². The second kappa shape index (κ2) is 8.35. The van der Waals surface area contributed by atoms with Crippen molar-refractivity contribution in [3.8, 4) is 0 Å². The first kappa shape index (κ1) is 20.2. The van der Waals surface area contributed by atoms with Gasteiger partial charge in [0.1, 0.15) is 18.2 Å². The number of hydrogen-bond acceptors (Lipinski definition) is 3. The van der Waals surface area contributed by atoms with E-state index < -0.39 is 28.8 Å². The minimum atomic E-state index is -0.678. The van der Waals surface area contributed by atoms with Gasteiger partial charge in [-0.1, -0.05) is 30.3 Å². The van der Waals surface area contributed by atoms with Crippen LogP contribution in [0, 0.1) is 11.6 Å². The lowest BCUT2D eigenvalue weighted by Crippen LogP contribution is -2.42. The molecule has 1 aromatic heterocycles. The Balaban J connectivity index is 1.75. The maximum atomic E-state index is 13.4. The molecule has 1 amide bonds. The summed E-state index contributed by atoms with van der Waals surface area (Å²) in [4.78, 5) is 38.6. The highest BCUT2D eigenvalue weighted by molar-refractivity contribution is 5.91. The highest BCUT2D eigenvalue weighted by Crippen LogP contribution is 2.11. The SMILES string of the molecule is O=C(Cn1c(=O)n(Cc2ccc(F)cc2)c(=O)c2ccccc21)Nc1cccc(F)c1. The van der Waals surface area contributed by atoms with Crippen LogP contribution in [0.5, 0.6) is 0 Å². The molecule has 0 spiro atoms. The van der Waals surface area contributed by atoms with Gasteiger partial charge in [0.15, 0.2) is 0 Å². The molecule has 0 aliphatic rings. The van der Waals surface area contributed by atoms with Crippen molar-refractivity contribution in [1.29, 1.82) is 0 Å². The number of carbonyl (C=O) groups is 1. The first-order chi connectivity index (χ1) is 14.9. The molecule has 4 aromatic rings. The van der Waals surface area contributed by atoms with Gasteiger partial charge >= 0.3 is 5.69 Å². The van der Waals surface area contributed by atoms with Gasteiger partial charge in [0.05, 0.1) is 17.4 Å². The molecule has 8 heteroatoms. The highest BCUT2D eigenvalue weighted by Gasteiger charge is 2.16. The molecule has 156 valence electrons. The number of carbonyl (C=O) groups excluding carboxylic acids is 1. The van der Waals surface area contributed by atoms with E-state index in [-0.39, 0.29) is 24.2 Å². The third kappa shape index (κ3) is 4.28. The molecule has 0 saturated heterocycles. The molecule has 3 aromatic carbocycles. The van der Waals surface area contributed by atoms with Crippen LogP contribution in [0.1, 0.15) is 5.56 Å². The molecule has 1 heterocycles. The van der Waals surface area contributed by atoms with Gasteiger partial charge in [-0.25, -0.2) is 13.6 Å². The molecule has 1 N–H and O–H groups in total. The van der Waals surface area contributed by atoms with Crippen molar-refractivity contribution in [2.45, 2.75) is 13.1 Å². The van der Waals surface area contributed by atoms with Gasteiger partial charge in [-0.2, -0.15) is 0 Å². The summed E-state index contributed by atoms with van der Waals surface area (Å²) in [6.45, 7) is -0.451. The molecule has 0 radical (unpaired) electrons. The number of anilines is 1. The Hall–Kier alpha value is -4.07. The molecule has 0 bridgehead atoms. The fourth-order valence-electron chi connectivity index (χ4n) is 3.35. The maximum absolute atomic E-state index is 13.4. The number of para-hydroxylation sites is 1. The number of aromatic nitrogens is 2. The summed E-state index contributed by atoms with van der Waals surface area (Å²) in [6.07, 6.45) is 0. The number of rotatable bonds is 5. The average molecular weight is 421 g/mol. The maximum Gasteiger partial charge on any atom is 0.332 e. The fraction of sp³-hybridized carbons (Fsp3) is 0.0870. The van der Waals surface area contributed by atoms with E-state index in [2.05, 4.69) is 5.32 Å². The summed E-state index contributed by atoms with van der Waals surface area (Å²) >= 11 is 0. The first-order valence-electron chi connectivity index (χ1n) is 9.44. The van der Waals surface area contributed by atoms with Crippen molar-refractivity contribution in [2.24, 2.45) is 0 Å². The minimum Gasteiger partial charge on any atom is -0.324 e. The van der Waals surface area contributed by atoms with Gasteiger partial charge < -0.3 is 5.32 Å². The minimum absolute atomic E-state index is 0.0751. The molecule has 31 heavy (non-hydrogen) atoms. The smallest absolute Gasteiger partial charge is 0.324 e. The number of benzene rings is 3. The van der Waals surface area contributed by atoms with E-state index in [1.807, 2.05) is 0 Å². The second-order valence-electron chi connectivity index (χ2n) is 6.96. The quantitative estimate of drug-likeness (QED) is 0.538. The summed E-state index contributed by atoms with van der Waals surface area (Å²) < 4.78 is 28.8. The third-order valence-electron chi connectivity index (χ3n) is 4.80. The Labute approximate surface area is 175 Å². The van der Waals surface area contributed by atoms with E-state index in [1.54, 1.807) is 24.3 Å². The van der Waals surface area contributed by atoms with E-state index in [1.165, 1.54) is 47.0 Å². The van der Waals surface area contributed by atoms with Crippen molar-refractivity contribution in [3.05, 3.63) is 111 Å². The van der Waals surface area contributed by atoms with E-state index in [9.17, 15) is 23.2 Å². The van der Waals surface area contributed by atoms with Gasteiger partial charge in [-0.05, 0) is 48.0 Å². The van der Waals surface area contributed by atoms with Crippen LogP contribution in [0.25, 0.3) is 10.9 Å². The molecule has 0 unspecified atom stereocenters. The molecule has 0 saturated carbocycles. The van der Waals surface area contributed by atoms with E-state index >= 15 is 0 Å².